The molecule has 21 heavy (non-hydrogen) atoms. The van der Waals surface area contributed by atoms with Crippen LogP contribution in [-0.2, 0) is 6.42 Å². The number of hydrogen-bond donors (Lipinski definition) is 1. The van der Waals surface area contributed by atoms with Crippen molar-refractivity contribution in [3.63, 3.8) is 0 Å². The first-order valence-corrected chi connectivity index (χ1v) is 7.98. The molecule has 0 aliphatic heterocycles. The van der Waals surface area contributed by atoms with Crippen molar-refractivity contribution in [3.8, 4) is 0 Å². The lowest BCUT2D eigenvalue weighted by Crippen LogP contribution is -2.29. The summed E-state index contributed by atoms with van der Waals surface area (Å²) >= 11 is 0. The van der Waals surface area contributed by atoms with Gasteiger partial charge in [0.15, 0.2) is 0 Å². The number of nitrogens with zero attached hydrogens (tertiary/aromatic N) is 1. The van der Waals surface area contributed by atoms with Gasteiger partial charge >= 0.3 is 0 Å². The molecule has 3 atom stereocenters. The molecule has 2 nitrogen and oxygen atoms in total. The summed E-state index contributed by atoms with van der Waals surface area (Å²) in [5, 5.41) is 11.0. The molecule has 1 N–H and O–H groups in total. The van der Waals surface area contributed by atoms with E-state index in [1.54, 1.807) is 0 Å². The summed E-state index contributed by atoms with van der Waals surface area (Å²) in [6.45, 7) is 2.16. The second kappa shape index (κ2) is 6.40. The maximum Gasteiger partial charge on any atom is 0.0692 e. The lowest BCUT2D eigenvalue weighted by molar-refractivity contribution is 0.102. The van der Waals surface area contributed by atoms with E-state index in [-0.39, 0.29) is 17.9 Å². The van der Waals surface area contributed by atoms with Crippen LogP contribution in [0, 0.1) is 0 Å². The van der Waals surface area contributed by atoms with Gasteiger partial charge < -0.3 is 5.11 Å². The smallest absolute Gasteiger partial charge is 0.0692 e. The Labute approximate surface area is 126 Å². The van der Waals surface area contributed by atoms with Gasteiger partial charge in [0.25, 0.3) is 0 Å². The number of aliphatic hydroxyl groups is 1. The molecule has 3 rings (SSSR count). The molecule has 1 aliphatic carbocycles. The molecule has 0 spiro atoms. The second-order valence-corrected chi connectivity index (χ2v) is 5.96. The topological polar surface area (TPSA) is 33.1 Å². The van der Waals surface area contributed by atoms with Crippen molar-refractivity contribution in [1.29, 1.82) is 0 Å². The summed E-state index contributed by atoms with van der Waals surface area (Å²) in [5.74, 6) is 0.351. The van der Waals surface area contributed by atoms with Crippen LogP contribution >= 0.6 is 0 Å². The molecule has 0 fully saturated rings. The van der Waals surface area contributed by atoms with Crippen molar-refractivity contribution in [1.82, 2.24) is 4.98 Å². The van der Waals surface area contributed by atoms with Crippen LogP contribution in [0.15, 0.2) is 48.7 Å². The molecule has 1 aromatic carbocycles. The fourth-order valence-electron chi connectivity index (χ4n) is 3.63. The summed E-state index contributed by atoms with van der Waals surface area (Å²) in [4.78, 5) is 4.57. The van der Waals surface area contributed by atoms with Crippen molar-refractivity contribution < 1.29 is 5.11 Å². The first-order valence-electron chi connectivity index (χ1n) is 7.98. The van der Waals surface area contributed by atoms with Crippen LogP contribution in [0.3, 0.4) is 0 Å². The van der Waals surface area contributed by atoms with Crippen molar-refractivity contribution in [2.45, 2.75) is 50.5 Å². The molecular weight excluding hydrogens is 258 g/mol. The van der Waals surface area contributed by atoms with Gasteiger partial charge in [0.1, 0.15) is 0 Å². The molecule has 0 saturated carbocycles. The number of aryl methyl sites for hydroxylation is 1. The predicted octanol–water partition coefficient (Wildman–Crippen LogP) is 4.06. The van der Waals surface area contributed by atoms with Gasteiger partial charge in [0, 0.05) is 23.7 Å². The van der Waals surface area contributed by atoms with Gasteiger partial charge in [-0.15, -0.1) is 0 Å². The molecule has 2 aromatic rings. The van der Waals surface area contributed by atoms with Gasteiger partial charge in [-0.1, -0.05) is 43.3 Å². The SMILES string of the molecule is CCC(c1ccccc1)C(O)C1CCCc2cccnc21. The van der Waals surface area contributed by atoms with E-state index < -0.39 is 0 Å². The van der Waals surface area contributed by atoms with E-state index in [0.717, 1.165) is 31.4 Å². The molecule has 3 unspecified atom stereocenters. The Kier molecular flexibility index (Phi) is 4.35. The lowest BCUT2D eigenvalue weighted by atomic mass is 9.76. The number of hydrogen-bond acceptors (Lipinski definition) is 2. The van der Waals surface area contributed by atoms with Gasteiger partial charge in [-0.3, -0.25) is 4.98 Å². The normalized spacial score (nSPS) is 20.6. The van der Waals surface area contributed by atoms with Crippen LogP contribution in [0.1, 0.15) is 54.8 Å². The third kappa shape index (κ3) is 2.86. The average Bonchev–Trinajstić information content (AvgIpc) is 2.56. The van der Waals surface area contributed by atoms with Crippen molar-refractivity contribution in [2.24, 2.45) is 0 Å². The summed E-state index contributed by atoms with van der Waals surface area (Å²) in [6.07, 6.45) is 5.72. The molecule has 1 aliphatic rings. The molecular formula is C19H23NO. The summed E-state index contributed by atoms with van der Waals surface area (Å²) in [5.41, 5.74) is 3.66. The summed E-state index contributed by atoms with van der Waals surface area (Å²) in [7, 11) is 0. The Morgan fingerprint density at radius 3 is 2.76 bits per heavy atom. The highest BCUT2D eigenvalue weighted by atomic mass is 16.3. The third-order valence-corrected chi connectivity index (χ3v) is 4.73. The minimum atomic E-state index is -0.355. The van der Waals surface area contributed by atoms with Crippen LogP contribution in [0.4, 0.5) is 0 Å². The largest absolute Gasteiger partial charge is 0.392 e. The Hall–Kier alpha value is -1.67. The highest BCUT2D eigenvalue weighted by molar-refractivity contribution is 5.29. The number of benzene rings is 1. The van der Waals surface area contributed by atoms with E-state index in [1.165, 1.54) is 11.1 Å². The van der Waals surface area contributed by atoms with Crippen LogP contribution in [0.2, 0.25) is 0 Å². The van der Waals surface area contributed by atoms with Crippen LogP contribution in [0.5, 0.6) is 0 Å². The fraction of sp³-hybridized carbons (Fsp3) is 0.421. The van der Waals surface area contributed by atoms with Gasteiger partial charge in [-0.05, 0) is 42.9 Å². The van der Waals surface area contributed by atoms with Crippen LogP contribution in [0.25, 0.3) is 0 Å². The molecule has 0 bridgehead atoms. The van der Waals surface area contributed by atoms with Gasteiger partial charge in [0.05, 0.1) is 6.10 Å². The molecule has 0 amide bonds. The number of aromatic nitrogens is 1. The first kappa shape index (κ1) is 14.3. The minimum Gasteiger partial charge on any atom is -0.392 e. The van der Waals surface area contributed by atoms with Crippen LogP contribution in [-0.4, -0.2) is 16.2 Å². The van der Waals surface area contributed by atoms with Crippen molar-refractivity contribution >= 4 is 0 Å². The van der Waals surface area contributed by atoms with E-state index in [2.05, 4.69) is 42.2 Å². The van der Waals surface area contributed by atoms with E-state index in [1.807, 2.05) is 18.3 Å². The minimum absolute atomic E-state index is 0.167. The number of rotatable bonds is 4. The van der Waals surface area contributed by atoms with E-state index in [0.29, 0.717) is 0 Å². The zero-order valence-corrected chi connectivity index (χ0v) is 12.6. The Balaban J connectivity index is 1.90. The molecule has 1 heterocycles. The van der Waals surface area contributed by atoms with Crippen LogP contribution < -0.4 is 0 Å². The van der Waals surface area contributed by atoms with Gasteiger partial charge in [-0.2, -0.15) is 0 Å². The zero-order chi connectivity index (χ0) is 14.7. The average molecular weight is 281 g/mol. The van der Waals surface area contributed by atoms with Crippen molar-refractivity contribution in [3.05, 3.63) is 65.5 Å². The molecule has 0 saturated heterocycles. The van der Waals surface area contributed by atoms with E-state index in [9.17, 15) is 5.11 Å². The van der Waals surface area contributed by atoms with Crippen molar-refractivity contribution in [2.75, 3.05) is 0 Å². The third-order valence-electron chi connectivity index (χ3n) is 4.73. The first-order chi connectivity index (χ1) is 10.3. The van der Waals surface area contributed by atoms with E-state index >= 15 is 0 Å². The maximum atomic E-state index is 11.0. The standard InChI is InChI=1S/C19H23NO/c1-2-16(14-8-4-3-5-9-14)19(21)17-12-6-10-15-11-7-13-20-18(15)17/h3-5,7-9,11,13,16-17,19,21H,2,6,10,12H2,1H3. The molecule has 0 radical (unpaired) electrons. The number of pyridine rings is 1. The highest BCUT2D eigenvalue weighted by Gasteiger charge is 2.32. The summed E-state index contributed by atoms with van der Waals surface area (Å²) in [6, 6.07) is 14.5. The number of fused-ring (bicyclic) bond motifs is 1. The van der Waals surface area contributed by atoms with Gasteiger partial charge in [-0.25, -0.2) is 0 Å². The fourth-order valence-corrected chi connectivity index (χ4v) is 3.63. The Morgan fingerprint density at radius 1 is 1.19 bits per heavy atom. The molecule has 1 aromatic heterocycles. The lowest BCUT2D eigenvalue weighted by Gasteiger charge is -2.33. The summed E-state index contributed by atoms with van der Waals surface area (Å²) < 4.78 is 0. The molecule has 110 valence electrons. The zero-order valence-electron chi connectivity index (χ0n) is 12.6. The maximum absolute atomic E-state index is 11.0. The Bertz CT molecular complexity index is 581. The Morgan fingerprint density at radius 2 is 2.00 bits per heavy atom. The predicted molar refractivity (Wildman–Crippen MR) is 85.4 cm³/mol. The quantitative estimate of drug-likeness (QED) is 0.917. The highest BCUT2D eigenvalue weighted by Crippen LogP contribution is 2.38. The monoisotopic (exact) mass is 281 g/mol. The van der Waals surface area contributed by atoms with Gasteiger partial charge in [0.2, 0.25) is 0 Å². The second-order valence-electron chi connectivity index (χ2n) is 5.96. The molecule has 2 heteroatoms. The van der Waals surface area contributed by atoms with E-state index in [4.69, 9.17) is 0 Å². The number of aliphatic hydroxyl groups excluding tert-OH is 1.